The Morgan fingerprint density at radius 1 is 1.50 bits per heavy atom. The summed E-state index contributed by atoms with van der Waals surface area (Å²) in [6.07, 6.45) is 4.93. The number of aromatic nitrogens is 3. The molecule has 14 heavy (non-hydrogen) atoms. The van der Waals surface area contributed by atoms with Crippen LogP contribution in [0.4, 0.5) is 0 Å². The van der Waals surface area contributed by atoms with Crippen LogP contribution in [0.5, 0.6) is 0 Å². The summed E-state index contributed by atoms with van der Waals surface area (Å²) in [4.78, 5) is 20.9. The number of nitrogens with zero attached hydrogens (tertiary/aromatic N) is 1. The number of nitrogens with one attached hydrogen (secondary N) is 2. The molecule has 0 spiro atoms. The average Bonchev–Trinajstić information content (AvgIpc) is 2.70. The third-order valence-electron chi connectivity index (χ3n) is 2.02. The molecule has 0 radical (unpaired) electrons. The molecule has 5 nitrogen and oxygen atoms in total. The lowest BCUT2D eigenvalue weighted by molar-refractivity contribution is 0.980. The van der Waals surface area contributed by atoms with Gasteiger partial charge in [0.25, 0.3) is 5.56 Å². The lowest BCUT2D eigenvalue weighted by atomic mass is 10.1. The predicted octanol–water partition coefficient (Wildman–Crippen LogP) is 0.224. The zero-order chi connectivity index (χ0) is 9.97. The molecule has 0 fully saturated rings. The van der Waals surface area contributed by atoms with Gasteiger partial charge in [-0.1, -0.05) is 0 Å². The highest BCUT2D eigenvalue weighted by atomic mass is 16.1. The largest absolute Gasteiger partial charge is 0.367 e. The third-order valence-corrected chi connectivity index (χ3v) is 2.02. The number of nitrogens with two attached hydrogens (primary N) is 1. The molecule has 0 aromatic carbocycles. The molecule has 0 aliphatic rings. The molecule has 2 rings (SSSR count). The Labute approximate surface area is 80.0 Å². The van der Waals surface area contributed by atoms with Crippen molar-refractivity contribution < 1.29 is 0 Å². The molecule has 2 aromatic rings. The molecule has 72 valence electrons. The van der Waals surface area contributed by atoms with E-state index in [-0.39, 0.29) is 12.1 Å². The maximum atomic E-state index is 11.4. The van der Waals surface area contributed by atoms with Crippen LogP contribution in [0.2, 0.25) is 0 Å². The molecule has 0 unspecified atom stereocenters. The molecule has 0 aliphatic heterocycles. The smallest absolute Gasteiger partial charge is 0.255 e. The molecule has 0 bridgehead atoms. The summed E-state index contributed by atoms with van der Waals surface area (Å²) >= 11 is 0. The first kappa shape index (κ1) is 8.71. The zero-order valence-electron chi connectivity index (χ0n) is 7.45. The van der Waals surface area contributed by atoms with Crippen LogP contribution in [-0.4, -0.2) is 15.0 Å². The first-order valence-corrected chi connectivity index (χ1v) is 4.22. The van der Waals surface area contributed by atoms with Gasteiger partial charge in [0.2, 0.25) is 0 Å². The van der Waals surface area contributed by atoms with E-state index >= 15 is 0 Å². The van der Waals surface area contributed by atoms with Gasteiger partial charge in [-0.2, -0.15) is 0 Å². The third kappa shape index (κ3) is 1.33. The number of hydrogen-bond donors (Lipinski definition) is 3. The van der Waals surface area contributed by atoms with E-state index < -0.39 is 0 Å². The molecule has 0 aliphatic carbocycles. The Balaban J connectivity index is 2.64. The highest BCUT2D eigenvalue weighted by Gasteiger charge is 2.08. The van der Waals surface area contributed by atoms with E-state index in [1.807, 2.05) is 6.07 Å². The Morgan fingerprint density at radius 3 is 3.00 bits per heavy atom. The molecule has 5 heteroatoms. The molecule has 0 atom stereocenters. The van der Waals surface area contributed by atoms with Gasteiger partial charge in [-0.05, 0) is 6.07 Å². The summed E-state index contributed by atoms with van der Waals surface area (Å²) in [5, 5.41) is 0. The molecule has 0 saturated carbocycles. The van der Waals surface area contributed by atoms with Gasteiger partial charge in [-0.25, -0.2) is 4.98 Å². The fourth-order valence-electron chi connectivity index (χ4n) is 1.34. The van der Waals surface area contributed by atoms with Gasteiger partial charge >= 0.3 is 0 Å². The van der Waals surface area contributed by atoms with Crippen molar-refractivity contribution in [1.82, 2.24) is 15.0 Å². The van der Waals surface area contributed by atoms with Crippen LogP contribution in [0.25, 0.3) is 11.3 Å². The summed E-state index contributed by atoms with van der Waals surface area (Å²) < 4.78 is 0. The predicted molar refractivity (Wildman–Crippen MR) is 52.5 cm³/mol. The van der Waals surface area contributed by atoms with Crippen molar-refractivity contribution in [2.75, 3.05) is 0 Å². The molecule has 2 aromatic heterocycles. The second kappa shape index (κ2) is 3.47. The maximum absolute atomic E-state index is 11.4. The Hall–Kier alpha value is -1.88. The first-order chi connectivity index (χ1) is 6.83. The topological polar surface area (TPSA) is 87.6 Å². The van der Waals surface area contributed by atoms with Crippen molar-refractivity contribution in [2.24, 2.45) is 5.73 Å². The number of aromatic amines is 2. The Morgan fingerprint density at radius 2 is 2.36 bits per heavy atom. The first-order valence-electron chi connectivity index (χ1n) is 4.22. The van der Waals surface area contributed by atoms with E-state index in [0.29, 0.717) is 11.3 Å². The monoisotopic (exact) mass is 190 g/mol. The Kier molecular flexibility index (Phi) is 2.16. The van der Waals surface area contributed by atoms with Gasteiger partial charge in [-0.15, -0.1) is 0 Å². The zero-order valence-corrected chi connectivity index (χ0v) is 7.45. The minimum Gasteiger partial charge on any atom is -0.367 e. The minimum absolute atomic E-state index is 0.182. The summed E-state index contributed by atoms with van der Waals surface area (Å²) in [5.41, 5.74) is 7.32. The summed E-state index contributed by atoms with van der Waals surface area (Å²) in [6.45, 7) is 0.184. The van der Waals surface area contributed by atoms with E-state index in [0.717, 1.165) is 5.56 Å². The molecular formula is C9H10N4O. The number of rotatable bonds is 2. The summed E-state index contributed by atoms with van der Waals surface area (Å²) in [6, 6.07) is 1.85. The van der Waals surface area contributed by atoms with Crippen molar-refractivity contribution in [3.8, 4) is 11.3 Å². The second-order valence-electron chi connectivity index (χ2n) is 2.86. The van der Waals surface area contributed by atoms with E-state index in [4.69, 9.17) is 5.73 Å². The standard InChI is InChI=1S/C9H10N4O/c10-3-7-8(6-1-2-11-4-6)12-5-13-9(7)14/h1-2,4-5,11H,3,10H2,(H,12,13,14). The van der Waals surface area contributed by atoms with Crippen molar-refractivity contribution in [3.63, 3.8) is 0 Å². The molecule has 0 amide bonds. The van der Waals surface area contributed by atoms with Gasteiger partial charge < -0.3 is 15.7 Å². The van der Waals surface area contributed by atoms with Crippen molar-refractivity contribution in [2.45, 2.75) is 6.54 Å². The van der Waals surface area contributed by atoms with Crippen LogP contribution >= 0.6 is 0 Å². The molecule has 2 heterocycles. The van der Waals surface area contributed by atoms with Gasteiger partial charge in [0.15, 0.2) is 0 Å². The SMILES string of the molecule is NCc1c(-c2cc[nH]c2)nc[nH]c1=O. The molecule has 0 saturated heterocycles. The molecular weight excluding hydrogens is 180 g/mol. The van der Waals surface area contributed by atoms with Crippen molar-refractivity contribution in [3.05, 3.63) is 40.7 Å². The summed E-state index contributed by atoms with van der Waals surface area (Å²) in [7, 11) is 0. The van der Waals surface area contributed by atoms with E-state index in [2.05, 4.69) is 15.0 Å². The lowest BCUT2D eigenvalue weighted by Gasteiger charge is -2.01. The maximum Gasteiger partial charge on any atom is 0.255 e. The van der Waals surface area contributed by atoms with Crippen molar-refractivity contribution in [1.29, 1.82) is 0 Å². The van der Waals surface area contributed by atoms with Crippen LogP contribution in [0, 0.1) is 0 Å². The molecule has 4 N–H and O–H groups in total. The van der Waals surface area contributed by atoms with E-state index in [1.54, 1.807) is 12.4 Å². The van der Waals surface area contributed by atoms with Gasteiger partial charge in [0, 0.05) is 24.5 Å². The second-order valence-corrected chi connectivity index (χ2v) is 2.86. The number of H-pyrrole nitrogens is 2. The van der Waals surface area contributed by atoms with Crippen molar-refractivity contribution >= 4 is 0 Å². The highest BCUT2D eigenvalue weighted by molar-refractivity contribution is 5.61. The summed E-state index contributed by atoms with van der Waals surface area (Å²) in [5.74, 6) is 0. The minimum atomic E-state index is -0.182. The van der Waals surface area contributed by atoms with Crippen LogP contribution in [0.1, 0.15) is 5.56 Å². The Bertz CT molecular complexity index is 472. The van der Waals surface area contributed by atoms with Gasteiger partial charge in [0.1, 0.15) is 0 Å². The van der Waals surface area contributed by atoms with E-state index in [1.165, 1.54) is 6.33 Å². The average molecular weight is 190 g/mol. The van der Waals surface area contributed by atoms with Crippen LogP contribution in [-0.2, 0) is 6.54 Å². The highest BCUT2D eigenvalue weighted by Crippen LogP contribution is 2.16. The lowest BCUT2D eigenvalue weighted by Crippen LogP contribution is -2.17. The van der Waals surface area contributed by atoms with Crippen LogP contribution < -0.4 is 11.3 Å². The van der Waals surface area contributed by atoms with E-state index in [9.17, 15) is 4.79 Å². The normalized spacial score (nSPS) is 10.4. The number of hydrogen-bond acceptors (Lipinski definition) is 3. The fraction of sp³-hybridized carbons (Fsp3) is 0.111. The quantitative estimate of drug-likeness (QED) is 0.633. The van der Waals surface area contributed by atoms with Crippen LogP contribution in [0.15, 0.2) is 29.6 Å². The van der Waals surface area contributed by atoms with Gasteiger partial charge in [-0.3, -0.25) is 4.79 Å². The fourth-order valence-corrected chi connectivity index (χ4v) is 1.34. The van der Waals surface area contributed by atoms with Gasteiger partial charge in [0.05, 0.1) is 17.6 Å². The van der Waals surface area contributed by atoms with Crippen LogP contribution in [0.3, 0.4) is 0 Å².